The van der Waals surface area contributed by atoms with Crippen molar-refractivity contribution in [1.29, 1.82) is 0 Å². The normalized spacial score (nSPS) is 11.2. The Hall–Kier alpha value is -1.46. The summed E-state index contributed by atoms with van der Waals surface area (Å²) in [4.78, 5) is 11.7. The molecule has 1 atom stereocenters. The lowest BCUT2D eigenvalue weighted by atomic mass is 10.1. The Kier molecular flexibility index (Phi) is 9.58. The maximum absolute atomic E-state index is 11.7. The fourth-order valence-corrected chi connectivity index (χ4v) is 1.97. The highest BCUT2D eigenvalue weighted by Gasteiger charge is 2.12. The third-order valence-corrected chi connectivity index (χ3v) is 3.12. The van der Waals surface area contributed by atoms with Gasteiger partial charge in [0.1, 0.15) is 11.5 Å². The van der Waals surface area contributed by atoms with Gasteiger partial charge < -0.3 is 20.5 Å². The van der Waals surface area contributed by atoms with E-state index in [4.69, 9.17) is 15.2 Å². The quantitative estimate of drug-likeness (QED) is 0.768. The number of hydrogen-bond acceptors (Lipinski definition) is 4. The predicted octanol–water partition coefficient (Wildman–Crippen LogP) is 1.91. The van der Waals surface area contributed by atoms with Crippen molar-refractivity contribution >= 4 is 18.3 Å². The first-order valence-corrected chi connectivity index (χ1v) is 6.86. The molecule has 1 unspecified atom stereocenters. The molecule has 5 nitrogen and oxygen atoms in total. The van der Waals surface area contributed by atoms with Crippen molar-refractivity contribution in [2.75, 3.05) is 20.8 Å². The number of rotatable bonds is 8. The first-order valence-electron chi connectivity index (χ1n) is 6.86. The molecule has 1 rings (SSSR count). The fraction of sp³-hybridized carbons (Fsp3) is 0.533. The Bertz CT molecular complexity index is 441. The van der Waals surface area contributed by atoms with Crippen LogP contribution in [-0.2, 0) is 11.2 Å². The summed E-state index contributed by atoms with van der Waals surface area (Å²) in [6, 6.07) is 5.20. The number of nitrogens with two attached hydrogens (primary N) is 1. The molecule has 6 heteroatoms. The van der Waals surface area contributed by atoms with Gasteiger partial charge in [-0.15, -0.1) is 12.4 Å². The van der Waals surface area contributed by atoms with Gasteiger partial charge in [-0.3, -0.25) is 4.79 Å². The molecular weight excluding hydrogens is 292 g/mol. The lowest BCUT2D eigenvalue weighted by Crippen LogP contribution is -2.41. The van der Waals surface area contributed by atoms with Crippen LogP contribution in [0.15, 0.2) is 18.2 Å². The van der Waals surface area contributed by atoms with E-state index in [0.29, 0.717) is 19.4 Å². The molecule has 1 amide bonds. The summed E-state index contributed by atoms with van der Waals surface area (Å²) in [5.74, 6) is 1.46. The van der Waals surface area contributed by atoms with Gasteiger partial charge in [0.2, 0.25) is 5.91 Å². The van der Waals surface area contributed by atoms with Crippen molar-refractivity contribution in [2.45, 2.75) is 32.2 Å². The van der Waals surface area contributed by atoms with Gasteiger partial charge in [0.05, 0.1) is 20.3 Å². The van der Waals surface area contributed by atoms with Gasteiger partial charge >= 0.3 is 0 Å². The average molecular weight is 317 g/mol. The number of amides is 1. The van der Waals surface area contributed by atoms with Gasteiger partial charge in [0, 0.05) is 6.54 Å². The van der Waals surface area contributed by atoms with Gasteiger partial charge in [-0.05, 0) is 36.6 Å². The number of methoxy groups -OCH3 is 2. The van der Waals surface area contributed by atoms with Gasteiger partial charge in [-0.1, -0.05) is 13.3 Å². The summed E-state index contributed by atoms with van der Waals surface area (Å²) in [7, 11) is 3.25. The molecule has 0 bridgehead atoms. The number of ether oxygens (including phenoxy) is 2. The Labute approximate surface area is 132 Å². The van der Waals surface area contributed by atoms with Gasteiger partial charge in [0.15, 0.2) is 0 Å². The summed E-state index contributed by atoms with van der Waals surface area (Å²) in [6.45, 7) is 2.54. The summed E-state index contributed by atoms with van der Waals surface area (Å²) >= 11 is 0. The lowest BCUT2D eigenvalue weighted by molar-refractivity contribution is -0.122. The van der Waals surface area contributed by atoms with Crippen molar-refractivity contribution in [3.05, 3.63) is 23.8 Å². The molecule has 0 radical (unpaired) electrons. The van der Waals surface area contributed by atoms with Gasteiger partial charge in [-0.25, -0.2) is 0 Å². The zero-order valence-corrected chi connectivity index (χ0v) is 13.7. The summed E-state index contributed by atoms with van der Waals surface area (Å²) in [5, 5.41) is 2.84. The molecule has 0 aliphatic carbocycles. The third kappa shape index (κ3) is 6.23. The van der Waals surface area contributed by atoms with Crippen LogP contribution in [0.3, 0.4) is 0 Å². The topological polar surface area (TPSA) is 73.6 Å². The molecule has 0 saturated carbocycles. The summed E-state index contributed by atoms with van der Waals surface area (Å²) in [5.41, 5.74) is 6.75. The van der Waals surface area contributed by atoms with E-state index in [-0.39, 0.29) is 18.3 Å². The number of hydrogen-bond donors (Lipinski definition) is 2. The second kappa shape index (κ2) is 10.3. The number of benzene rings is 1. The maximum atomic E-state index is 11.7. The molecule has 0 aliphatic heterocycles. The summed E-state index contributed by atoms with van der Waals surface area (Å²) < 4.78 is 10.5. The van der Waals surface area contributed by atoms with Crippen LogP contribution >= 0.6 is 12.4 Å². The van der Waals surface area contributed by atoms with Crippen molar-refractivity contribution in [3.63, 3.8) is 0 Å². The van der Waals surface area contributed by atoms with Crippen molar-refractivity contribution < 1.29 is 14.3 Å². The van der Waals surface area contributed by atoms with Crippen molar-refractivity contribution in [3.8, 4) is 11.5 Å². The lowest BCUT2D eigenvalue weighted by Gasteiger charge is -2.13. The molecule has 1 aromatic carbocycles. The highest BCUT2D eigenvalue weighted by Crippen LogP contribution is 2.24. The van der Waals surface area contributed by atoms with E-state index in [1.807, 2.05) is 25.1 Å². The number of halogens is 1. The highest BCUT2D eigenvalue weighted by molar-refractivity contribution is 5.85. The minimum absolute atomic E-state index is 0. The van der Waals surface area contributed by atoms with Crippen LogP contribution in [0.1, 0.15) is 25.3 Å². The van der Waals surface area contributed by atoms with Crippen molar-refractivity contribution in [1.82, 2.24) is 5.32 Å². The Balaban J connectivity index is 0.00000400. The van der Waals surface area contributed by atoms with Crippen LogP contribution in [0.5, 0.6) is 11.5 Å². The first kappa shape index (κ1) is 19.5. The molecule has 0 aromatic heterocycles. The molecule has 120 valence electrons. The monoisotopic (exact) mass is 316 g/mol. The minimum Gasteiger partial charge on any atom is -0.497 e. The van der Waals surface area contributed by atoms with E-state index in [1.165, 1.54) is 0 Å². The van der Waals surface area contributed by atoms with Crippen LogP contribution in [-0.4, -0.2) is 32.7 Å². The van der Waals surface area contributed by atoms with E-state index in [0.717, 1.165) is 23.5 Å². The fourth-order valence-electron chi connectivity index (χ4n) is 1.97. The zero-order chi connectivity index (χ0) is 15.0. The highest BCUT2D eigenvalue weighted by atomic mass is 35.5. The molecular formula is C15H25ClN2O3. The molecule has 3 N–H and O–H groups in total. The van der Waals surface area contributed by atoms with E-state index in [2.05, 4.69) is 5.32 Å². The van der Waals surface area contributed by atoms with E-state index in [9.17, 15) is 4.79 Å². The van der Waals surface area contributed by atoms with E-state index < -0.39 is 6.04 Å². The van der Waals surface area contributed by atoms with Crippen LogP contribution < -0.4 is 20.5 Å². The number of carbonyl (C=O) groups is 1. The van der Waals surface area contributed by atoms with Crippen LogP contribution in [0.4, 0.5) is 0 Å². The molecule has 1 aromatic rings. The minimum atomic E-state index is -0.424. The molecule has 0 fully saturated rings. The average Bonchev–Trinajstić information content (AvgIpc) is 2.47. The predicted molar refractivity (Wildman–Crippen MR) is 86.4 cm³/mol. The smallest absolute Gasteiger partial charge is 0.236 e. The van der Waals surface area contributed by atoms with Crippen LogP contribution in [0.25, 0.3) is 0 Å². The molecule has 0 heterocycles. The largest absolute Gasteiger partial charge is 0.497 e. The Morgan fingerprint density at radius 1 is 1.33 bits per heavy atom. The Morgan fingerprint density at radius 3 is 2.62 bits per heavy atom. The Morgan fingerprint density at radius 2 is 2.05 bits per heavy atom. The van der Waals surface area contributed by atoms with Crippen LogP contribution in [0, 0.1) is 0 Å². The second-order valence-electron chi connectivity index (χ2n) is 4.61. The second-order valence-corrected chi connectivity index (χ2v) is 4.61. The van der Waals surface area contributed by atoms with Gasteiger partial charge in [0.25, 0.3) is 0 Å². The molecule has 0 saturated heterocycles. The van der Waals surface area contributed by atoms with Gasteiger partial charge in [-0.2, -0.15) is 0 Å². The zero-order valence-electron chi connectivity index (χ0n) is 12.8. The van der Waals surface area contributed by atoms with E-state index in [1.54, 1.807) is 14.2 Å². The molecule has 0 spiro atoms. The summed E-state index contributed by atoms with van der Waals surface area (Å²) in [6.07, 6.45) is 2.28. The number of nitrogens with one attached hydrogen (secondary N) is 1. The SMILES string of the molecule is CCCC(N)C(=O)NCCc1cc(OC)ccc1OC.Cl. The van der Waals surface area contributed by atoms with Crippen molar-refractivity contribution in [2.24, 2.45) is 5.73 Å². The molecule has 21 heavy (non-hydrogen) atoms. The molecule has 0 aliphatic rings. The van der Waals surface area contributed by atoms with Crippen LogP contribution in [0.2, 0.25) is 0 Å². The van der Waals surface area contributed by atoms with E-state index >= 15 is 0 Å². The standard InChI is InChI=1S/C15H24N2O3.ClH/c1-4-5-13(16)15(18)17-9-8-11-10-12(19-2)6-7-14(11)20-3;/h6-7,10,13H,4-5,8-9,16H2,1-3H3,(H,17,18);1H. The maximum Gasteiger partial charge on any atom is 0.236 e. The number of carbonyl (C=O) groups excluding carboxylic acids is 1. The third-order valence-electron chi connectivity index (χ3n) is 3.12. The first-order chi connectivity index (χ1) is 9.62.